The molecule has 0 saturated heterocycles. The van der Waals surface area contributed by atoms with E-state index in [9.17, 15) is 13.6 Å². The van der Waals surface area contributed by atoms with E-state index in [4.69, 9.17) is 5.11 Å². The van der Waals surface area contributed by atoms with E-state index in [1.165, 1.54) is 0 Å². The second-order valence-corrected chi connectivity index (χ2v) is 3.24. The van der Waals surface area contributed by atoms with E-state index in [0.29, 0.717) is 0 Å². The van der Waals surface area contributed by atoms with Crippen molar-refractivity contribution in [2.75, 3.05) is 13.2 Å². The summed E-state index contributed by atoms with van der Waals surface area (Å²) in [5.74, 6) is -0.528. The van der Waals surface area contributed by atoms with Gasteiger partial charge in [0.25, 0.3) is 0 Å². The first-order chi connectivity index (χ1) is 7.48. The third kappa shape index (κ3) is 2.90. The largest absolute Gasteiger partial charge is 0.446 e. The van der Waals surface area contributed by atoms with Gasteiger partial charge in [0.05, 0.1) is 6.61 Å². The van der Waals surface area contributed by atoms with Crippen LogP contribution in [-0.4, -0.2) is 24.4 Å². The molecule has 0 bridgehead atoms. The van der Waals surface area contributed by atoms with Crippen LogP contribution in [0, 0.1) is 5.82 Å². The zero-order valence-corrected chi connectivity index (χ0v) is 8.32. The third-order valence-electron chi connectivity index (χ3n) is 2.06. The molecule has 0 radical (unpaired) electrons. The summed E-state index contributed by atoms with van der Waals surface area (Å²) in [7, 11) is 0. The molecule has 3 N–H and O–H groups in total. The molecule has 88 valence electrons. The standard InChI is InChI=1S/C10H11F2NO3/c11-8-3-1-7(2-4-8)10(12,5-14)6-16-9(13)15/h1-4,14H,5-6H2,(H2,13,15). The summed E-state index contributed by atoms with van der Waals surface area (Å²) in [5.41, 5.74) is 2.42. The molecule has 0 aromatic heterocycles. The molecular weight excluding hydrogens is 220 g/mol. The third-order valence-corrected chi connectivity index (χ3v) is 2.06. The van der Waals surface area contributed by atoms with Crippen LogP contribution in [-0.2, 0) is 10.4 Å². The Labute approximate surface area is 90.6 Å². The van der Waals surface area contributed by atoms with E-state index in [1.807, 2.05) is 0 Å². The molecule has 0 spiro atoms. The summed E-state index contributed by atoms with van der Waals surface area (Å²) in [6.07, 6.45) is -1.14. The van der Waals surface area contributed by atoms with Crippen LogP contribution in [0.4, 0.5) is 13.6 Å². The fraction of sp³-hybridized carbons (Fsp3) is 0.300. The second-order valence-electron chi connectivity index (χ2n) is 3.24. The molecule has 16 heavy (non-hydrogen) atoms. The number of aliphatic hydroxyl groups excluding tert-OH is 1. The van der Waals surface area contributed by atoms with Crippen LogP contribution in [0.15, 0.2) is 24.3 Å². The number of amides is 1. The van der Waals surface area contributed by atoms with Crippen LogP contribution in [0.25, 0.3) is 0 Å². The van der Waals surface area contributed by atoms with Gasteiger partial charge in [0.2, 0.25) is 0 Å². The van der Waals surface area contributed by atoms with Crippen LogP contribution in [0.1, 0.15) is 5.56 Å². The van der Waals surface area contributed by atoms with Gasteiger partial charge in [-0.15, -0.1) is 0 Å². The molecule has 1 unspecified atom stereocenters. The minimum atomic E-state index is -2.28. The Morgan fingerprint density at radius 3 is 2.44 bits per heavy atom. The zero-order chi connectivity index (χ0) is 12.2. The molecule has 1 amide bonds. The zero-order valence-electron chi connectivity index (χ0n) is 8.32. The van der Waals surface area contributed by atoms with Crippen molar-refractivity contribution in [3.63, 3.8) is 0 Å². The molecule has 6 heteroatoms. The summed E-state index contributed by atoms with van der Waals surface area (Å²) in [6, 6.07) is 4.42. The average molecular weight is 231 g/mol. The van der Waals surface area contributed by atoms with Gasteiger partial charge in [-0.3, -0.25) is 0 Å². The number of halogens is 2. The lowest BCUT2D eigenvalue weighted by Gasteiger charge is -2.22. The van der Waals surface area contributed by atoms with E-state index in [-0.39, 0.29) is 5.56 Å². The number of carbonyl (C=O) groups is 1. The Morgan fingerprint density at radius 2 is 2.00 bits per heavy atom. The fourth-order valence-corrected chi connectivity index (χ4v) is 1.15. The minimum absolute atomic E-state index is 0.0117. The molecule has 0 aliphatic heterocycles. The smallest absolute Gasteiger partial charge is 0.404 e. The first-order valence-corrected chi connectivity index (χ1v) is 4.46. The number of hydrogen-bond acceptors (Lipinski definition) is 3. The molecule has 0 aliphatic rings. The summed E-state index contributed by atoms with van der Waals surface area (Å²) in [4.78, 5) is 10.3. The minimum Gasteiger partial charge on any atom is -0.446 e. The van der Waals surface area contributed by atoms with E-state index in [1.54, 1.807) is 0 Å². The molecule has 4 nitrogen and oxygen atoms in total. The maximum absolute atomic E-state index is 14.0. The Morgan fingerprint density at radius 1 is 1.44 bits per heavy atom. The number of nitrogens with two attached hydrogens (primary N) is 1. The maximum Gasteiger partial charge on any atom is 0.404 e. The molecule has 0 saturated carbocycles. The van der Waals surface area contributed by atoms with Crippen molar-refractivity contribution in [1.82, 2.24) is 0 Å². The van der Waals surface area contributed by atoms with E-state index in [2.05, 4.69) is 10.5 Å². The van der Waals surface area contributed by atoms with E-state index in [0.717, 1.165) is 24.3 Å². The number of aliphatic hydroxyl groups is 1. The summed E-state index contributed by atoms with van der Waals surface area (Å²) < 4.78 is 30.9. The first kappa shape index (κ1) is 12.4. The molecule has 0 aliphatic carbocycles. The fourth-order valence-electron chi connectivity index (χ4n) is 1.15. The van der Waals surface area contributed by atoms with Crippen LogP contribution in [0.3, 0.4) is 0 Å². The lowest BCUT2D eigenvalue weighted by Crippen LogP contribution is -2.33. The summed E-state index contributed by atoms with van der Waals surface area (Å²) >= 11 is 0. The first-order valence-electron chi connectivity index (χ1n) is 4.46. The number of ether oxygens (including phenoxy) is 1. The van der Waals surface area contributed by atoms with Crippen LogP contribution >= 0.6 is 0 Å². The van der Waals surface area contributed by atoms with Gasteiger partial charge < -0.3 is 15.6 Å². The van der Waals surface area contributed by atoms with Crippen molar-refractivity contribution in [2.45, 2.75) is 5.67 Å². The van der Waals surface area contributed by atoms with Gasteiger partial charge in [-0.25, -0.2) is 13.6 Å². The Hall–Kier alpha value is -1.69. The highest BCUT2D eigenvalue weighted by atomic mass is 19.1. The number of primary amides is 1. The molecule has 1 aromatic rings. The second kappa shape index (κ2) is 4.89. The summed E-state index contributed by atoms with van der Waals surface area (Å²) in [6.45, 7) is -1.61. The number of alkyl halides is 1. The quantitative estimate of drug-likeness (QED) is 0.814. The van der Waals surface area contributed by atoms with Gasteiger partial charge in [-0.1, -0.05) is 12.1 Å². The monoisotopic (exact) mass is 231 g/mol. The van der Waals surface area contributed by atoms with Gasteiger partial charge in [0.1, 0.15) is 12.4 Å². The topological polar surface area (TPSA) is 72.6 Å². The van der Waals surface area contributed by atoms with Crippen LogP contribution in [0.5, 0.6) is 0 Å². The van der Waals surface area contributed by atoms with Crippen molar-refractivity contribution >= 4 is 6.09 Å². The van der Waals surface area contributed by atoms with Crippen molar-refractivity contribution < 1.29 is 23.4 Å². The molecule has 0 heterocycles. The SMILES string of the molecule is NC(=O)OCC(F)(CO)c1ccc(F)cc1. The molecule has 1 atom stereocenters. The van der Waals surface area contributed by atoms with Crippen molar-refractivity contribution in [3.8, 4) is 0 Å². The molecule has 0 fully saturated rings. The van der Waals surface area contributed by atoms with Crippen molar-refractivity contribution in [2.24, 2.45) is 5.73 Å². The van der Waals surface area contributed by atoms with Crippen molar-refractivity contribution in [1.29, 1.82) is 0 Å². The van der Waals surface area contributed by atoms with E-state index >= 15 is 0 Å². The highest BCUT2D eigenvalue weighted by Crippen LogP contribution is 2.26. The van der Waals surface area contributed by atoms with Crippen LogP contribution < -0.4 is 5.73 Å². The molecular formula is C10H11F2NO3. The van der Waals surface area contributed by atoms with Crippen LogP contribution in [0.2, 0.25) is 0 Å². The Bertz CT molecular complexity index is 369. The van der Waals surface area contributed by atoms with Gasteiger partial charge in [0, 0.05) is 0 Å². The lowest BCUT2D eigenvalue weighted by atomic mass is 9.97. The van der Waals surface area contributed by atoms with Gasteiger partial charge in [-0.2, -0.15) is 0 Å². The molecule has 1 rings (SSSR count). The number of rotatable bonds is 4. The van der Waals surface area contributed by atoms with E-state index < -0.39 is 30.8 Å². The highest BCUT2D eigenvalue weighted by Gasteiger charge is 2.33. The van der Waals surface area contributed by atoms with Crippen molar-refractivity contribution in [3.05, 3.63) is 35.6 Å². The molecule has 1 aromatic carbocycles. The van der Waals surface area contributed by atoms with Gasteiger partial charge in [0.15, 0.2) is 5.67 Å². The predicted molar refractivity (Wildman–Crippen MR) is 51.8 cm³/mol. The number of benzene rings is 1. The normalized spacial score (nSPS) is 14.2. The number of carbonyl (C=O) groups excluding carboxylic acids is 1. The average Bonchev–Trinajstić information content (AvgIpc) is 2.27. The number of hydrogen-bond donors (Lipinski definition) is 2. The Balaban J connectivity index is 2.86. The lowest BCUT2D eigenvalue weighted by molar-refractivity contribution is 0.00513. The highest BCUT2D eigenvalue weighted by molar-refractivity contribution is 5.64. The van der Waals surface area contributed by atoms with Gasteiger partial charge in [-0.05, 0) is 17.7 Å². The van der Waals surface area contributed by atoms with Gasteiger partial charge >= 0.3 is 6.09 Å². The summed E-state index contributed by atoms with van der Waals surface area (Å²) in [5, 5.41) is 8.92. The Kier molecular flexibility index (Phi) is 3.78. The maximum atomic E-state index is 14.0. The predicted octanol–water partition coefficient (Wildman–Crippen LogP) is 1.08.